The van der Waals surface area contributed by atoms with Crippen LogP contribution in [0.3, 0.4) is 0 Å². The van der Waals surface area contributed by atoms with E-state index in [1.807, 2.05) is 0 Å². The van der Waals surface area contributed by atoms with Crippen LogP contribution in [0.4, 0.5) is 0 Å². The van der Waals surface area contributed by atoms with Crippen molar-refractivity contribution in [2.45, 2.75) is 33.6 Å². The molecule has 2 atom stereocenters. The van der Waals surface area contributed by atoms with E-state index in [0.29, 0.717) is 6.42 Å². The van der Waals surface area contributed by atoms with Crippen molar-refractivity contribution in [2.24, 2.45) is 16.2 Å². The van der Waals surface area contributed by atoms with Crippen molar-refractivity contribution in [3.8, 4) is 0 Å². The zero-order valence-electron chi connectivity index (χ0n) is 9.49. The molecule has 1 saturated carbocycles. The van der Waals surface area contributed by atoms with Crippen LogP contribution in [0.1, 0.15) is 33.6 Å². The molecule has 2 bridgehead atoms. The van der Waals surface area contributed by atoms with Crippen molar-refractivity contribution in [1.29, 1.82) is 0 Å². The monoisotopic (exact) mass is 226 g/mol. The van der Waals surface area contributed by atoms with E-state index in [4.69, 9.17) is 0 Å². The number of fused-ring (bicyclic) bond motifs is 2. The van der Waals surface area contributed by atoms with Gasteiger partial charge in [0.2, 0.25) is 0 Å². The number of rotatable bonds is 1. The first-order chi connectivity index (χ1) is 7.20. The lowest BCUT2D eigenvalue weighted by Crippen LogP contribution is -2.59. The average Bonchev–Trinajstić information content (AvgIpc) is 2.29. The zero-order chi connectivity index (χ0) is 12.4. The number of carbonyl (C=O) groups is 3. The third-order valence-corrected chi connectivity index (χ3v) is 4.80. The first-order valence-corrected chi connectivity index (χ1v) is 5.20. The van der Waals surface area contributed by atoms with Crippen LogP contribution in [-0.4, -0.2) is 23.0 Å². The van der Waals surface area contributed by atoms with Gasteiger partial charge in [-0.05, 0) is 19.8 Å². The molecule has 1 heterocycles. The van der Waals surface area contributed by atoms with Crippen LogP contribution in [0.5, 0.6) is 0 Å². The Labute approximate surface area is 92.8 Å². The molecule has 0 radical (unpaired) electrons. The molecule has 0 unspecified atom stereocenters. The Hall–Kier alpha value is -1.39. The van der Waals surface area contributed by atoms with Gasteiger partial charge in [-0.1, -0.05) is 13.8 Å². The van der Waals surface area contributed by atoms with Crippen molar-refractivity contribution in [3.05, 3.63) is 0 Å². The van der Waals surface area contributed by atoms with Crippen molar-refractivity contribution in [2.75, 3.05) is 0 Å². The van der Waals surface area contributed by atoms with Gasteiger partial charge in [0, 0.05) is 5.41 Å². The first-order valence-electron chi connectivity index (χ1n) is 5.20. The highest BCUT2D eigenvalue weighted by atomic mass is 16.6. The molecule has 5 nitrogen and oxygen atoms in total. The number of carboxylic acid groups (broad SMARTS) is 1. The number of carboxylic acids is 1. The van der Waals surface area contributed by atoms with Crippen molar-refractivity contribution < 1.29 is 24.2 Å². The summed E-state index contributed by atoms with van der Waals surface area (Å²) in [5.74, 6) is -2.71. The van der Waals surface area contributed by atoms with E-state index in [1.165, 1.54) is 0 Å². The van der Waals surface area contributed by atoms with Crippen molar-refractivity contribution in [3.63, 3.8) is 0 Å². The standard InChI is InChI=1S/C11H14O5/c1-9(2)10(3)4-5-11(9,6(12)13)8(15)16-7(10)14/h4-5H2,1-3H3,(H,12,13)/t10-,11+/m1/s1. The van der Waals surface area contributed by atoms with E-state index in [1.54, 1.807) is 20.8 Å². The normalized spacial score (nSPS) is 40.7. The van der Waals surface area contributed by atoms with Gasteiger partial charge in [-0.25, -0.2) is 0 Å². The van der Waals surface area contributed by atoms with E-state index < -0.39 is 34.2 Å². The summed E-state index contributed by atoms with van der Waals surface area (Å²) in [6.45, 7) is 4.99. The molecule has 5 heteroatoms. The zero-order valence-corrected chi connectivity index (χ0v) is 9.49. The second-order valence-electron chi connectivity index (χ2n) is 5.34. The average molecular weight is 226 g/mol. The Kier molecular flexibility index (Phi) is 1.84. The summed E-state index contributed by atoms with van der Waals surface area (Å²) in [6, 6.07) is 0. The Morgan fingerprint density at radius 1 is 1.19 bits per heavy atom. The summed E-state index contributed by atoms with van der Waals surface area (Å²) in [5, 5.41) is 9.31. The molecule has 0 aromatic rings. The maximum atomic E-state index is 11.8. The number of hydrogen-bond acceptors (Lipinski definition) is 4. The second-order valence-corrected chi connectivity index (χ2v) is 5.34. The van der Waals surface area contributed by atoms with E-state index in [-0.39, 0.29) is 6.42 Å². The molecule has 0 amide bonds. The third-order valence-electron chi connectivity index (χ3n) is 4.80. The minimum atomic E-state index is -1.57. The van der Waals surface area contributed by atoms with Crippen molar-refractivity contribution in [1.82, 2.24) is 0 Å². The van der Waals surface area contributed by atoms with Crippen LogP contribution < -0.4 is 0 Å². The lowest BCUT2D eigenvalue weighted by atomic mass is 9.57. The van der Waals surface area contributed by atoms with Crippen LogP contribution in [0.15, 0.2) is 0 Å². The van der Waals surface area contributed by atoms with E-state index >= 15 is 0 Å². The summed E-state index contributed by atoms with van der Waals surface area (Å²) in [5.41, 5.74) is -3.38. The predicted molar refractivity (Wildman–Crippen MR) is 52.3 cm³/mol. The van der Waals surface area contributed by atoms with Crippen LogP contribution in [0.2, 0.25) is 0 Å². The highest BCUT2D eigenvalue weighted by Gasteiger charge is 2.75. The second kappa shape index (κ2) is 2.64. The quantitative estimate of drug-likeness (QED) is 0.532. The number of cyclic esters (lactones) is 2. The summed E-state index contributed by atoms with van der Waals surface area (Å²) in [4.78, 5) is 34.9. The van der Waals surface area contributed by atoms with Crippen LogP contribution in [0.25, 0.3) is 0 Å². The number of hydrogen-bond donors (Lipinski definition) is 1. The lowest BCUT2D eigenvalue weighted by Gasteiger charge is -2.46. The van der Waals surface area contributed by atoms with E-state index in [2.05, 4.69) is 4.74 Å². The summed E-state index contributed by atoms with van der Waals surface area (Å²) in [6.07, 6.45) is 0.535. The first kappa shape index (κ1) is 11.1. The number of carbonyl (C=O) groups excluding carboxylic acids is 2. The molecule has 16 heavy (non-hydrogen) atoms. The summed E-state index contributed by atoms with van der Waals surface area (Å²) < 4.78 is 4.62. The summed E-state index contributed by atoms with van der Waals surface area (Å²) >= 11 is 0. The molecule has 0 spiro atoms. The topological polar surface area (TPSA) is 80.7 Å². The van der Waals surface area contributed by atoms with Gasteiger partial charge in [0.1, 0.15) is 0 Å². The van der Waals surface area contributed by atoms with E-state index in [9.17, 15) is 19.5 Å². The smallest absolute Gasteiger partial charge is 0.331 e. The molecule has 0 aromatic carbocycles. The molecule has 88 valence electrons. The number of esters is 2. The fraction of sp³-hybridized carbons (Fsp3) is 0.727. The molecular formula is C11H14O5. The fourth-order valence-electron chi connectivity index (χ4n) is 2.99. The van der Waals surface area contributed by atoms with Gasteiger partial charge in [-0.15, -0.1) is 0 Å². The number of ether oxygens (including phenoxy) is 1. The van der Waals surface area contributed by atoms with E-state index in [0.717, 1.165) is 0 Å². The maximum Gasteiger partial charge on any atom is 0.331 e. The van der Waals surface area contributed by atoms with Crippen LogP contribution in [-0.2, 0) is 19.1 Å². The largest absolute Gasteiger partial charge is 0.480 e. The maximum absolute atomic E-state index is 11.8. The molecule has 1 N–H and O–H groups in total. The fourth-order valence-corrected chi connectivity index (χ4v) is 2.99. The van der Waals surface area contributed by atoms with Gasteiger partial charge < -0.3 is 9.84 Å². The molecule has 1 aliphatic carbocycles. The Morgan fingerprint density at radius 3 is 2.25 bits per heavy atom. The Bertz CT molecular complexity index is 411. The number of aliphatic carboxylic acids is 1. The Balaban J connectivity index is 2.69. The molecular weight excluding hydrogens is 212 g/mol. The van der Waals surface area contributed by atoms with Crippen LogP contribution in [0, 0.1) is 16.2 Å². The van der Waals surface area contributed by atoms with Crippen LogP contribution >= 0.6 is 0 Å². The molecule has 1 saturated heterocycles. The Morgan fingerprint density at radius 2 is 1.75 bits per heavy atom. The molecule has 2 fully saturated rings. The minimum Gasteiger partial charge on any atom is -0.480 e. The van der Waals surface area contributed by atoms with Crippen molar-refractivity contribution >= 4 is 17.9 Å². The van der Waals surface area contributed by atoms with Gasteiger partial charge in [0.25, 0.3) is 0 Å². The lowest BCUT2D eigenvalue weighted by molar-refractivity contribution is -0.201. The van der Waals surface area contributed by atoms with Gasteiger partial charge >= 0.3 is 17.9 Å². The van der Waals surface area contributed by atoms with Gasteiger partial charge in [-0.2, -0.15) is 0 Å². The SMILES string of the molecule is CC1(C)[C@]2(C(=O)O)CC[C@]1(C)C(=O)OC2=O. The minimum absolute atomic E-state index is 0.163. The highest BCUT2D eigenvalue weighted by molar-refractivity contribution is 6.08. The van der Waals surface area contributed by atoms with Gasteiger partial charge in [0.15, 0.2) is 5.41 Å². The molecule has 2 rings (SSSR count). The molecule has 1 aliphatic heterocycles. The summed E-state index contributed by atoms with van der Waals surface area (Å²) in [7, 11) is 0. The van der Waals surface area contributed by atoms with Gasteiger partial charge in [-0.3, -0.25) is 14.4 Å². The highest BCUT2D eigenvalue weighted by Crippen LogP contribution is 2.66. The predicted octanol–water partition coefficient (Wildman–Crippen LogP) is 0.967. The molecule has 2 aliphatic rings. The molecule has 0 aromatic heterocycles. The van der Waals surface area contributed by atoms with Gasteiger partial charge in [0.05, 0.1) is 5.41 Å². The third kappa shape index (κ3) is 0.817.